The molecule has 0 radical (unpaired) electrons. The van der Waals surface area contributed by atoms with E-state index in [1.54, 1.807) is 0 Å². The van der Waals surface area contributed by atoms with Gasteiger partial charge in [-0.15, -0.1) is 0 Å². The van der Waals surface area contributed by atoms with Gasteiger partial charge in [-0.2, -0.15) is 0 Å². The van der Waals surface area contributed by atoms with Crippen molar-refractivity contribution in [1.82, 2.24) is 0 Å². The van der Waals surface area contributed by atoms with E-state index in [-0.39, 0.29) is 24.3 Å². The fourth-order valence-corrected chi connectivity index (χ4v) is 3.34. The maximum absolute atomic E-state index is 11.9. The molecular formula is C16H29NO4. The Morgan fingerprint density at radius 1 is 1.24 bits per heavy atom. The Hall–Kier alpha value is -0.650. The van der Waals surface area contributed by atoms with E-state index in [4.69, 9.17) is 19.9 Å². The number of rotatable bonds is 5. The van der Waals surface area contributed by atoms with Crippen LogP contribution in [0.1, 0.15) is 65.2 Å². The second-order valence-electron chi connectivity index (χ2n) is 6.51. The highest BCUT2D eigenvalue weighted by Crippen LogP contribution is 2.40. The monoisotopic (exact) mass is 299 g/mol. The van der Waals surface area contributed by atoms with E-state index in [0.717, 1.165) is 38.5 Å². The van der Waals surface area contributed by atoms with Gasteiger partial charge in [-0.25, -0.2) is 0 Å². The van der Waals surface area contributed by atoms with Crippen LogP contribution in [0, 0.1) is 0 Å². The van der Waals surface area contributed by atoms with Gasteiger partial charge in [0.25, 0.3) is 0 Å². The van der Waals surface area contributed by atoms with Crippen LogP contribution in [0.5, 0.6) is 0 Å². The van der Waals surface area contributed by atoms with Crippen LogP contribution in [0.2, 0.25) is 0 Å². The van der Waals surface area contributed by atoms with Crippen LogP contribution in [0.15, 0.2) is 0 Å². The Morgan fingerprint density at radius 2 is 1.90 bits per heavy atom. The van der Waals surface area contributed by atoms with Crippen molar-refractivity contribution < 1.29 is 19.0 Å². The van der Waals surface area contributed by atoms with Gasteiger partial charge in [0.2, 0.25) is 0 Å². The van der Waals surface area contributed by atoms with E-state index in [2.05, 4.69) is 0 Å². The van der Waals surface area contributed by atoms with Crippen LogP contribution in [-0.2, 0) is 19.0 Å². The molecule has 2 N–H and O–H groups in total. The fourth-order valence-electron chi connectivity index (χ4n) is 3.34. The number of esters is 1. The summed E-state index contributed by atoms with van der Waals surface area (Å²) in [5.41, 5.74) is 5.68. The summed E-state index contributed by atoms with van der Waals surface area (Å²) < 4.78 is 17.6. The highest BCUT2D eigenvalue weighted by atomic mass is 16.7. The van der Waals surface area contributed by atoms with E-state index in [0.29, 0.717) is 13.0 Å². The van der Waals surface area contributed by atoms with Crippen molar-refractivity contribution in [2.75, 3.05) is 6.54 Å². The lowest BCUT2D eigenvalue weighted by molar-refractivity contribution is -0.329. The summed E-state index contributed by atoms with van der Waals surface area (Å²) in [6.45, 7) is 4.33. The molecule has 5 heteroatoms. The maximum Gasteiger partial charge on any atom is 0.308 e. The van der Waals surface area contributed by atoms with Crippen LogP contribution in [0.4, 0.5) is 0 Å². The summed E-state index contributed by atoms with van der Waals surface area (Å²) in [6.07, 6.45) is 7.08. The molecule has 122 valence electrons. The molecular weight excluding hydrogens is 270 g/mol. The van der Waals surface area contributed by atoms with Gasteiger partial charge >= 0.3 is 5.97 Å². The van der Waals surface area contributed by atoms with Crippen molar-refractivity contribution in [2.24, 2.45) is 5.73 Å². The van der Waals surface area contributed by atoms with Gasteiger partial charge < -0.3 is 19.9 Å². The zero-order valence-electron chi connectivity index (χ0n) is 13.3. The van der Waals surface area contributed by atoms with Gasteiger partial charge in [-0.05, 0) is 39.7 Å². The first-order valence-electron chi connectivity index (χ1n) is 8.28. The number of carbonyl (C=O) groups is 1. The molecule has 2 unspecified atom stereocenters. The lowest BCUT2D eigenvalue weighted by Gasteiger charge is -2.46. The molecule has 2 aliphatic rings. The van der Waals surface area contributed by atoms with E-state index >= 15 is 0 Å². The van der Waals surface area contributed by atoms with Gasteiger partial charge in [0.15, 0.2) is 5.79 Å². The number of hydrogen-bond acceptors (Lipinski definition) is 5. The second kappa shape index (κ2) is 7.56. The van der Waals surface area contributed by atoms with Crippen LogP contribution in [0.3, 0.4) is 0 Å². The zero-order chi connectivity index (χ0) is 15.3. The minimum atomic E-state index is -0.487. The number of hydrogen-bond donors (Lipinski definition) is 1. The SMILES string of the molecule is CC(C)OC(=O)CC1CC(CCN)OC2(CCCCC2)O1. The number of ether oxygens (including phenoxy) is 3. The average Bonchev–Trinajstić information content (AvgIpc) is 2.38. The van der Waals surface area contributed by atoms with Gasteiger partial charge in [0, 0.05) is 19.3 Å². The molecule has 1 heterocycles. The molecule has 1 saturated carbocycles. The molecule has 2 rings (SSSR count). The first kappa shape index (κ1) is 16.7. The summed E-state index contributed by atoms with van der Waals surface area (Å²) in [5, 5.41) is 0. The van der Waals surface area contributed by atoms with E-state index in [1.807, 2.05) is 13.8 Å². The Balaban J connectivity index is 1.97. The molecule has 1 spiro atoms. The molecule has 1 saturated heterocycles. The second-order valence-corrected chi connectivity index (χ2v) is 6.51. The minimum absolute atomic E-state index is 0.0826. The smallest absolute Gasteiger partial charge is 0.308 e. The highest BCUT2D eigenvalue weighted by molar-refractivity contribution is 5.70. The molecule has 0 aromatic carbocycles. The van der Waals surface area contributed by atoms with E-state index in [1.165, 1.54) is 6.42 Å². The Kier molecular flexibility index (Phi) is 6.02. The molecule has 1 aliphatic heterocycles. The summed E-state index contributed by atoms with van der Waals surface area (Å²) >= 11 is 0. The fraction of sp³-hybridized carbons (Fsp3) is 0.938. The van der Waals surface area contributed by atoms with Crippen molar-refractivity contribution in [3.8, 4) is 0 Å². The van der Waals surface area contributed by atoms with Gasteiger partial charge in [0.1, 0.15) is 0 Å². The topological polar surface area (TPSA) is 70.8 Å². The normalized spacial score (nSPS) is 28.8. The highest BCUT2D eigenvalue weighted by Gasteiger charge is 2.43. The molecule has 2 atom stereocenters. The van der Waals surface area contributed by atoms with Crippen LogP contribution in [-0.4, -0.2) is 36.6 Å². The average molecular weight is 299 g/mol. The van der Waals surface area contributed by atoms with Crippen molar-refractivity contribution in [1.29, 1.82) is 0 Å². The van der Waals surface area contributed by atoms with Crippen molar-refractivity contribution in [3.63, 3.8) is 0 Å². The largest absolute Gasteiger partial charge is 0.463 e. The van der Waals surface area contributed by atoms with Crippen molar-refractivity contribution >= 4 is 5.97 Å². The molecule has 2 fully saturated rings. The number of nitrogens with two attached hydrogens (primary N) is 1. The number of carbonyl (C=O) groups excluding carboxylic acids is 1. The lowest BCUT2D eigenvalue weighted by atomic mass is 9.91. The third-order valence-corrected chi connectivity index (χ3v) is 4.15. The van der Waals surface area contributed by atoms with Crippen LogP contribution < -0.4 is 5.73 Å². The third kappa shape index (κ3) is 4.94. The van der Waals surface area contributed by atoms with Gasteiger partial charge in [-0.1, -0.05) is 6.42 Å². The first-order valence-corrected chi connectivity index (χ1v) is 8.28. The Morgan fingerprint density at radius 3 is 2.52 bits per heavy atom. The molecule has 1 aliphatic carbocycles. The standard InChI is InChI=1S/C16H29NO4/c1-12(2)19-15(18)11-14-10-13(6-9-17)20-16(21-14)7-4-3-5-8-16/h12-14H,3-11,17H2,1-2H3. The van der Waals surface area contributed by atoms with Crippen molar-refractivity contribution in [3.05, 3.63) is 0 Å². The predicted molar refractivity (Wildman–Crippen MR) is 79.7 cm³/mol. The molecule has 0 aromatic rings. The van der Waals surface area contributed by atoms with Crippen LogP contribution in [0.25, 0.3) is 0 Å². The van der Waals surface area contributed by atoms with Gasteiger partial charge in [-0.3, -0.25) is 4.79 Å². The van der Waals surface area contributed by atoms with Crippen molar-refractivity contribution in [2.45, 2.75) is 89.3 Å². The summed E-state index contributed by atoms with van der Waals surface area (Å²) in [7, 11) is 0. The minimum Gasteiger partial charge on any atom is -0.463 e. The molecule has 0 aromatic heterocycles. The predicted octanol–water partition coefficient (Wildman–Crippen LogP) is 2.51. The first-order chi connectivity index (χ1) is 10.0. The van der Waals surface area contributed by atoms with Gasteiger partial charge in [0.05, 0.1) is 24.7 Å². The third-order valence-electron chi connectivity index (χ3n) is 4.15. The van der Waals surface area contributed by atoms with E-state index < -0.39 is 5.79 Å². The Bertz CT molecular complexity index is 339. The summed E-state index contributed by atoms with van der Waals surface area (Å²) in [5.74, 6) is -0.673. The Labute approximate surface area is 127 Å². The quantitative estimate of drug-likeness (QED) is 0.790. The summed E-state index contributed by atoms with van der Waals surface area (Å²) in [4.78, 5) is 11.9. The molecule has 21 heavy (non-hydrogen) atoms. The molecule has 0 amide bonds. The molecule has 5 nitrogen and oxygen atoms in total. The van der Waals surface area contributed by atoms with E-state index in [9.17, 15) is 4.79 Å². The summed E-state index contributed by atoms with van der Waals surface area (Å²) in [6, 6.07) is 0. The maximum atomic E-state index is 11.9. The van der Waals surface area contributed by atoms with Crippen LogP contribution >= 0.6 is 0 Å². The zero-order valence-corrected chi connectivity index (χ0v) is 13.3. The lowest BCUT2D eigenvalue weighted by Crippen LogP contribution is -2.50. The molecule has 0 bridgehead atoms.